The number of hydrogen-bond acceptors (Lipinski definition) is 8. The minimum atomic E-state index is -4.13. The predicted octanol–water partition coefficient (Wildman–Crippen LogP) is 6.15. The molecule has 59 heavy (non-hydrogen) atoms. The van der Waals surface area contributed by atoms with Crippen molar-refractivity contribution in [3.05, 3.63) is 54.6 Å². The molecule has 7 N–H and O–H groups in total. The summed E-state index contributed by atoms with van der Waals surface area (Å²) >= 11 is 0. The van der Waals surface area contributed by atoms with Crippen LogP contribution in [0.25, 0.3) is 10.8 Å². The Balaban J connectivity index is 1.37. The molecule has 328 valence electrons. The van der Waals surface area contributed by atoms with Crippen LogP contribution in [0.3, 0.4) is 0 Å². The van der Waals surface area contributed by atoms with Crippen LogP contribution in [0.4, 0.5) is 5.69 Å². The third-order valence-corrected chi connectivity index (χ3v) is 12.1. The molecule has 0 spiro atoms. The van der Waals surface area contributed by atoms with Crippen LogP contribution in [0, 0.1) is 0 Å². The van der Waals surface area contributed by atoms with Gasteiger partial charge in [-0.15, -0.1) is 0 Å². The Hall–Kier alpha value is -4.50. The first-order valence-electron chi connectivity index (χ1n) is 21.7. The maximum atomic E-state index is 13.5. The molecule has 0 aliphatic heterocycles. The summed E-state index contributed by atoms with van der Waals surface area (Å²) in [7, 11) is -0.400. The van der Waals surface area contributed by atoms with Crippen molar-refractivity contribution in [1.29, 1.82) is 0 Å². The van der Waals surface area contributed by atoms with Crippen LogP contribution in [0.1, 0.15) is 135 Å². The van der Waals surface area contributed by atoms with Gasteiger partial charge < -0.3 is 31.6 Å². The number of sulfonamides is 1. The summed E-state index contributed by atoms with van der Waals surface area (Å²) in [5.41, 5.74) is 7.02. The average molecular weight is 839 g/mol. The van der Waals surface area contributed by atoms with Crippen molar-refractivity contribution >= 4 is 50.1 Å². The smallest absolute Gasteiger partial charge is 0.243 e. The molecule has 0 aliphatic rings. The van der Waals surface area contributed by atoms with Gasteiger partial charge in [0.05, 0.1) is 17.8 Å². The molecule has 2 aromatic carbocycles. The molecule has 0 radical (unpaired) electrons. The number of H-pyrrole nitrogens is 1. The first-order chi connectivity index (χ1) is 28.4. The lowest BCUT2D eigenvalue weighted by Gasteiger charge is -2.22. The minimum Gasteiger partial charge on any atom is -0.377 e. The molecule has 1 heterocycles. The average Bonchev–Trinajstić information content (AvgIpc) is 3.73. The topological polar surface area (TPSA) is 208 Å². The summed E-state index contributed by atoms with van der Waals surface area (Å²) < 4.78 is 29.1. The summed E-state index contributed by atoms with van der Waals surface area (Å²) in [6, 6.07) is 8.10. The van der Waals surface area contributed by atoms with Gasteiger partial charge in [-0.1, -0.05) is 121 Å². The summed E-state index contributed by atoms with van der Waals surface area (Å²) in [6.45, 7) is 2.07. The van der Waals surface area contributed by atoms with Gasteiger partial charge in [0.15, 0.2) is 0 Å². The van der Waals surface area contributed by atoms with Crippen molar-refractivity contribution in [2.75, 3.05) is 32.1 Å². The molecule has 2 atom stereocenters. The first-order valence-corrected chi connectivity index (χ1v) is 23.2. The van der Waals surface area contributed by atoms with Crippen molar-refractivity contribution in [1.82, 2.24) is 30.6 Å². The summed E-state index contributed by atoms with van der Waals surface area (Å²) in [6.07, 6.45) is 23.8. The van der Waals surface area contributed by atoms with Crippen LogP contribution in [0.2, 0.25) is 0 Å². The Labute approximate surface area is 352 Å². The van der Waals surface area contributed by atoms with Crippen LogP contribution >= 0.6 is 0 Å². The van der Waals surface area contributed by atoms with E-state index in [1.807, 2.05) is 31.1 Å². The number of amides is 4. The molecule has 14 nitrogen and oxygen atoms in total. The Morgan fingerprint density at radius 1 is 0.746 bits per heavy atom. The molecule has 0 bridgehead atoms. The van der Waals surface area contributed by atoms with Gasteiger partial charge in [0.2, 0.25) is 33.7 Å². The van der Waals surface area contributed by atoms with E-state index in [9.17, 15) is 27.6 Å². The zero-order valence-electron chi connectivity index (χ0n) is 35.7. The number of primary amides is 1. The minimum absolute atomic E-state index is 0.00215. The van der Waals surface area contributed by atoms with Gasteiger partial charge in [0.25, 0.3) is 0 Å². The summed E-state index contributed by atoms with van der Waals surface area (Å²) in [5.74, 6) is -2.14. The van der Waals surface area contributed by atoms with E-state index in [-0.39, 0.29) is 23.6 Å². The number of carbonyl (C=O) groups excluding carboxylic acids is 4. The molecule has 0 fully saturated rings. The molecule has 0 unspecified atom stereocenters. The van der Waals surface area contributed by atoms with Gasteiger partial charge in [-0.2, -0.15) is 0 Å². The van der Waals surface area contributed by atoms with Crippen LogP contribution < -0.4 is 31.3 Å². The number of imidazole rings is 1. The molecule has 1 aromatic heterocycles. The second kappa shape index (κ2) is 27.3. The van der Waals surface area contributed by atoms with Gasteiger partial charge in [-0.05, 0) is 37.8 Å². The molecule has 0 aliphatic carbocycles. The molecular formula is C44H70N8O6S. The molecule has 3 rings (SSSR count). The lowest BCUT2D eigenvalue weighted by molar-refractivity contribution is -0.131. The number of anilines is 1. The van der Waals surface area contributed by atoms with Crippen molar-refractivity contribution in [3.8, 4) is 0 Å². The maximum Gasteiger partial charge on any atom is 0.243 e. The second-order valence-electron chi connectivity index (χ2n) is 15.8. The van der Waals surface area contributed by atoms with E-state index in [1.54, 1.807) is 18.2 Å². The molecule has 0 saturated heterocycles. The number of rotatable bonds is 32. The predicted molar refractivity (Wildman–Crippen MR) is 235 cm³/mol. The Morgan fingerprint density at radius 2 is 1.36 bits per heavy atom. The number of fused-ring (bicyclic) bond motifs is 1. The van der Waals surface area contributed by atoms with Crippen LogP contribution in [0.15, 0.2) is 53.8 Å². The Kier molecular flexibility index (Phi) is 22.6. The number of nitrogens with zero attached hydrogens (tertiary/aromatic N) is 2. The van der Waals surface area contributed by atoms with E-state index in [0.29, 0.717) is 36.9 Å². The lowest BCUT2D eigenvalue weighted by atomic mass is 10.0. The quantitative estimate of drug-likeness (QED) is 0.0401. The normalized spacial score (nSPS) is 12.5. The van der Waals surface area contributed by atoms with Crippen molar-refractivity contribution < 1.29 is 27.6 Å². The van der Waals surface area contributed by atoms with Crippen molar-refractivity contribution in [2.24, 2.45) is 5.73 Å². The number of benzene rings is 2. The molecule has 15 heteroatoms. The zero-order chi connectivity index (χ0) is 42.9. The maximum absolute atomic E-state index is 13.5. The Morgan fingerprint density at radius 3 is 1.95 bits per heavy atom. The van der Waals surface area contributed by atoms with E-state index in [4.69, 9.17) is 5.73 Å². The van der Waals surface area contributed by atoms with E-state index >= 15 is 0 Å². The molecule has 0 saturated carbocycles. The second-order valence-corrected chi connectivity index (χ2v) is 17.5. The fourth-order valence-electron chi connectivity index (χ4n) is 7.20. The standard InChI is InChI=1S/C44H70N8O6S/c1-4-5-6-7-8-9-10-11-12-13-14-15-16-17-18-28-41(53)47-29-20-19-25-37(43(45)55)51-44(56)38(30-34-31-46-33-48-34)50-42(54)32-49-59(57,58)40-27-22-23-35-36(40)24-21-26-39(35)52(2)3/h21-24,26-27,31,33,37-38,49H,4-20,25,28-30,32H2,1-3H3,(H2,45,55)(H,46,48)(H,47,53)(H,50,54)(H,51,56)/t37-,38-/m0/s1. The fraction of sp³-hybridized carbons (Fsp3) is 0.614. The van der Waals surface area contributed by atoms with Gasteiger partial charge in [-0.3, -0.25) is 19.2 Å². The fourth-order valence-corrected chi connectivity index (χ4v) is 8.40. The monoisotopic (exact) mass is 839 g/mol. The largest absolute Gasteiger partial charge is 0.377 e. The van der Waals surface area contributed by atoms with Gasteiger partial charge in [0, 0.05) is 61.8 Å². The van der Waals surface area contributed by atoms with Gasteiger partial charge >= 0.3 is 0 Å². The number of aromatic amines is 1. The van der Waals surface area contributed by atoms with Crippen LogP contribution in [-0.2, 0) is 35.6 Å². The van der Waals surface area contributed by atoms with Gasteiger partial charge in [0.1, 0.15) is 12.1 Å². The van der Waals surface area contributed by atoms with E-state index in [0.717, 1.165) is 30.3 Å². The van der Waals surface area contributed by atoms with Crippen LogP contribution in [-0.4, -0.2) is 81.3 Å². The SMILES string of the molecule is CCCCCCCCCCCCCCCCCC(=O)NCCCC[C@H](NC(=O)[C@H](Cc1cnc[nH]1)NC(=O)CNS(=O)(=O)c1cccc2c(N(C)C)cccc12)C(N)=O. The highest BCUT2D eigenvalue weighted by atomic mass is 32.2. The Bertz CT molecular complexity index is 1820. The summed E-state index contributed by atoms with van der Waals surface area (Å²) in [4.78, 5) is 60.0. The van der Waals surface area contributed by atoms with Gasteiger partial charge in [-0.25, -0.2) is 18.1 Å². The molecular weight excluding hydrogens is 769 g/mol. The highest BCUT2D eigenvalue weighted by Crippen LogP contribution is 2.30. The third-order valence-electron chi connectivity index (χ3n) is 10.6. The number of carbonyl (C=O) groups is 4. The number of aromatic nitrogens is 2. The number of nitrogens with two attached hydrogens (primary N) is 1. The summed E-state index contributed by atoms with van der Waals surface area (Å²) in [5, 5.41) is 9.41. The zero-order valence-corrected chi connectivity index (χ0v) is 36.5. The van der Waals surface area contributed by atoms with E-state index < -0.39 is 46.4 Å². The first kappa shape index (κ1) is 48.9. The highest BCUT2D eigenvalue weighted by Gasteiger charge is 2.27. The van der Waals surface area contributed by atoms with E-state index in [1.165, 1.54) is 95.6 Å². The number of nitrogens with one attached hydrogen (secondary N) is 5. The van der Waals surface area contributed by atoms with E-state index in [2.05, 4.69) is 37.6 Å². The highest BCUT2D eigenvalue weighted by molar-refractivity contribution is 7.89. The number of unbranched alkanes of at least 4 members (excludes halogenated alkanes) is 15. The molecule has 4 amide bonds. The number of hydrogen-bond donors (Lipinski definition) is 6. The third kappa shape index (κ3) is 18.5. The molecule has 3 aromatic rings. The lowest BCUT2D eigenvalue weighted by Crippen LogP contribution is -2.54. The van der Waals surface area contributed by atoms with Crippen molar-refractivity contribution in [3.63, 3.8) is 0 Å². The van der Waals surface area contributed by atoms with Crippen molar-refractivity contribution in [2.45, 2.75) is 152 Å². The van der Waals surface area contributed by atoms with Crippen LogP contribution in [0.5, 0.6) is 0 Å².